The van der Waals surface area contributed by atoms with Crippen molar-refractivity contribution in [2.45, 2.75) is 26.1 Å². The number of benzene rings is 2. The lowest BCUT2D eigenvalue weighted by molar-refractivity contribution is -0.146. The molecule has 9 nitrogen and oxygen atoms in total. The number of nitrogens with one attached hydrogen (secondary N) is 1. The van der Waals surface area contributed by atoms with Gasteiger partial charge in [0, 0.05) is 30.0 Å². The first-order valence-corrected chi connectivity index (χ1v) is 12.2. The molecule has 1 aromatic heterocycles. The number of esters is 1. The third-order valence-corrected chi connectivity index (χ3v) is 6.23. The summed E-state index contributed by atoms with van der Waals surface area (Å²) < 4.78 is 24.1. The zero-order valence-corrected chi connectivity index (χ0v) is 21.5. The Morgan fingerprint density at radius 2 is 1.87 bits per heavy atom. The van der Waals surface area contributed by atoms with Gasteiger partial charge in [0.05, 0.1) is 19.4 Å². The molecule has 1 aliphatic heterocycles. The molecule has 0 bridgehead atoms. The van der Waals surface area contributed by atoms with E-state index in [2.05, 4.69) is 10.3 Å². The fraction of sp³-hybridized carbons (Fsp3) is 0.259. The minimum atomic E-state index is -0.675. The van der Waals surface area contributed by atoms with Crippen LogP contribution in [-0.4, -0.2) is 52.5 Å². The van der Waals surface area contributed by atoms with Gasteiger partial charge in [-0.05, 0) is 54.1 Å². The third kappa shape index (κ3) is 6.38. The number of imide groups is 1. The van der Waals surface area contributed by atoms with Crippen molar-refractivity contribution in [1.29, 1.82) is 0 Å². The molecule has 2 atom stereocenters. The Labute approximate surface area is 224 Å². The Hall–Kier alpha value is -4.18. The summed E-state index contributed by atoms with van der Waals surface area (Å²) in [6.07, 6.45) is 0.732. The van der Waals surface area contributed by atoms with Crippen LogP contribution in [0.4, 0.5) is 14.9 Å². The number of rotatable bonds is 9. The van der Waals surface area contributed by atoms with Crippen LogP contribution in [0.2, 0.25) is 5.02 Å². The van der Waals surface area contributed by atoms with E-state index in [0.29, 0.717) is 16.5 Å². The number of amides is 3. The maximum atomic E-state index is 13.9. The van der Waals surface area contributed by atoms with Crippen LogP contribution in [0.5, 0.6) is 11.6 Å². The molecule has 2 heterocycles. The third-order valence-electron chi connectivity index (χ3n) is 5.97. The number of hydrogen-bond acceptors (Lipinski definition) is 7. The Kier molecular flexibility index (Phi) is 8.42. The molecule has 1 N–H and O–H groups in total. The van der Waals surface area contributed by atoms with E-state index in [1.165, 1.54) is 30.3 Å². The first kappa shape index (κ1) is 26.9. The minimum absolute atomic E-state index is 0.0232. The Bertz CT molecular complexity index is 1310. The summed E-state index contributed by atoms with van der Waals surface area (Å²) in [7, 11) is 1.26. The summed E-state index contributed by atoms with van der Waals surface area (Å²) in [5.41, 5.74) is 1.42. The molecule has 1 unspecified atom stereocenters. The largest absolute Gasteiger partial charge is 0.469 e. The molecule has 4 rings (SSSR count). The molecule has 11 heteroatoms. The van der Waals surface area contributed by atoms with Crippen molar-refractivity contribution in [3.8, 4) is 11.6 Å². The maximum absolute atomic E-state index is 13.9. The quantitative estimate of drug-likeness (QED) is 0.378. The number of halogens is 2. The highest BCUT2D eigenvalue weighted by Gasteiger charge is 2.40. The number of hydrogen-bond donors (Lipinski definition) is 1. The second kappa shape index (κ2) is 11.9. The van der Waals surface area contributed by atoms with Crippen molar-refractivity contribution in [3.63, 3.8) is 0 Å². The highest BCUT2D eigenvalue weighted by atomic mass is 35.5. The molecular weight excluding hydrogens is 515 g/mol. The summed E-state index contributed by atoms with van der Waals surface area (Å²) >= 11 is 6.01. The van der Waals surface area contributed by atoms with Crippen LogP contribution in [0.3, 0.4) is 0 Å². The maximum Gasteiger partial charge on any atom is 0.328 e. The summed E-state index contributed by atoms with van der Waals surface area (Å²) in [6.45, 7) is 1.70. The van der Waals surface area contributed by atoms with E-state index in [1.54, 1.807) is 55.5 Å². The fourth-order valence-corrected chi connectivity index (χ4v) is 4.10. The van der Waals surface area contributed by atoms with Gasteiger partial charge in [0.25, 0.3) is 5.88 Å². The van der Waals surface area contributed by atoms with Crippen LogP contribution in [0, 0.1) is 11.7 Å². The van der Waals surface area contributed by atoms with Crippen molar-refractivity contribution < 1.29 is 28.2 Å². The average molecular weight is 541 g/mol. The first-order valence-electron chi connectivity index (χ1n) is 11.8. The zero-order chi connectivity index (χ0) is 27.2. The highest BCUT2D eigenvalue weighted by molar-refractivity contribution is 6.30. The number of methoxy groups -OCH3 is 1. The molecule has 3 amide bonds. The lowest BCUT2D eigenvalue weighted by Crippen LogP contribution is -2.59. The van der Waals surface area contributed by atoms with Gasteiger partial charge in [0.2, 0.25) is 5.91 Å². The number of aromatic nitrogens is 1. The van der Waals surface area contributed by atoms with Crippen molar-refractivity contribution in [3.05, 3.63) is 83.3 Å². The molecule has 0 radical (unpaired) electrons. The van der Waals surface area contributed by atoms with E-state index in [0.717, 1.165) is 10.5 Å². The predicted molar refractivity (Wildman–Crippen MR) is 138 cm³/mol. The molecule has 1 aliphatic rings. The molecular formula is C27H26ClFN4O5. The molecule has 1 saturated heterocycles. The molecule has 198 valence electrons. The molecule has 0 spiro atoms. The normalized spacial score (nSPS) is 16.3. The van der Waals surface area contributed by atoms with Crippen molar-refractivity contribution in [2.24, 2.45) is 5.92 Å². The van der Waals surface area contributed by atoms with Crippen LogP contribution in [0.15, 0.2) is 66.9 Å². The topological polar surface area (TPSA) is 101 Å². The van der Waals surface area contributed by atoms with Crippen molar-refractivity contribution >= 4 is 35.2 Å². The van der Waals surface area contributed by atoms with Gasteiger partial charge in [0.1, 0.15) is 11.9 Å². The summed E-state index contributed by atoms with van der Waals surface area (Å²) in [4.78, 5) is 44.9. The van der Waals surface area contributed by atoms with Gasteiger partial charge < -0.3 is 14.8 Å². The second-order valence-electron chi connectivity index (χ2n) is 8.75. The molecule has 3 aromatic rings. The minimum Gasteiger partial charge on any atom is -0.469 e. The van der Waals surface area contributed by atoms with E-state index in [-0.39, 0.29) is 25.4 Å². The van der Waals surface area contributed by atoms with Gasteiger partial charge in [-0.25, -0.2) is 14.2 Å². The van der Waals surface area contributed by atoms with Crippen molar-refractivity contribution in [2.75, 3.05) is 19.0 Å². The number of urea groups is 1. The smallest absolute Gasteiger partial charge is 0.328 e. The summed E-state index contributed by atoms with van der Waals surface area (Å²) in [5, 5.41) is 3.79. The first-order chi connectivity index (χ1) is 18.2. The van der Waals surface area contributed by atoms with Crippen LogP contribution in [-0.2, 0) is 20.9 Å². The van der Waals surface area contributed by atoms with Crippen LogP contribution in [0.1, 0.15) is 18.9 Å². The van der Waals surface area contributed by atoms with E-state index in [1.807, 2.05) is 0 Å². The lowest BCUT2D eigenvalue weighted by Gasteiger charge is -2.41. The number of ether oxygens (including phenoxy) is 2. The average Bonchev–Trinajstić information content (AvgIpc) is 2.91. The van der Waals surface area contributed by atoms with Gasteiger partial charge in [-0.2, -0.15) is 0 Å². The highest BCUT2D eigenvalue weighted by Crippen LogP contribution is 2.27. The van der Waals surface area contributed by atoms with Gasteiger partial charge in [-0.15, -0.1) is 0 Å². The van der Waals surface area contributed by atoms with Gasteiger partial charge >= 0.3 is 12.0 Å². The lowest BCUT2D eigenvalue weighted by atomic mass is 10.1. The predicted octanol–water partition coefficient (Wildman–Crippen LogP) is 5.07. The number of carbonyl (C=O) groups is 3. The number of nitrogens with zero attached hydrogens (tertiary/aromatic N) is 3. The number of carbonyl (C=O) groups excluding carboxylic acids is 3. The molecule has 1 fully saturated rings. The molecule has 2 aromatic carbocycles. The molecule has 0 aliphatic carbocycles. The van der Waals surface area contributed by atoms with E-state index in [4.69, 9.17) is 21.1 Å². The van der Waals surface area contributed by atoms with Gasteiger partial charge in [-0.3, -0.25) is 19.4 Å². The van der Waals surface area contributed by atoms with E-state index >= 15 is 0 Å². The van der Waals surface area contributed by atoms with Crippen LogP contribution >= 0.6 is 11.6 Å². The van der Waals surface area contributed by atoms with Gasteiger partial charge in [0.15, 0.2) is 5.82 Å². The fourth-order valence-electron chi connectivity index (χ4n) is 3.97. The zero-order valence-electron chi connectivity index (χ0n) is 20.8. The van der Waals surface area contributed by atoms with Crippen LogP contribution in [0.25, 0.3) is 0 Å². The Balaban J connectivity index is 1.53. The van der Waals surface area contributed by atoms with E-state index < -0.39 is 35.8 Å². The second-order valence-corrected chi connectivity index (χ2v) is 9.18. The summed E-state index contributed by atoms with van der Waals surface area (Å²) in [6, 6.07) is 15.9. The Morgan fingerprint density at radius 1 is 1.16 bits per heavy atom. The summed E-state index contributed by atoms with van der Waals surface area (Å²) in [5.74, 6) is -1.97. The van der Waals surface area contributed by atoms with Crippen LogP contribution < -0.4 is 10.1 Å². The van der Waals surface area contributed by atoms with Gasteiger partial charge in [-0.1, -0.05) is 30.7 Å². The SMILES string of the molecule is COC(=O)[C@@H](C)CN1C(=O)CC(Nc2ccc(Oc3ncccc3F)cc2)N(Cc2ccc(Cl)cc2)C1=O. The monoisotopic (exact) mass is 540 g/mol. The van der Waals surface area contributed by atoms with Crippen molar-refractivity contribution in [1.82, 2.24) is 14.8 Å². The standard InChI is InChI=1S/C27H26ClFN4O5/c1-17(26(35)37-2)15-33-24(34)14-23(32(27(33)36)16-18-5-7-19(28)8-6-18)31-20-9-11-21(12-10-20)38-25-22(29)4-3-13-30-25/h3-13,17,23,31H,14-16H2,1-2H3/t17-,23?/m0/s1. The molecule has 0 saturated carbocycles. The molecule has 38 heavy (non-hydrogen) atoms. The Morgan fingerprint density at radius 3 is 2.53 bits per heavy atom. The number of pyridine rings is 1. The van der Waals surface area contributed by atoms with E-state index in [9.17, 15) is 18.8 Å². The number of anilines is 1.